The van der Waals surface area contributed by atoms with Crippen molar-refractivity contribution >= 4 is 11.9 Å². The molecule has 2 rings (SSSR count). The molecule has 2 heterocycles. The molecule has 5 heteroatoms. The van der Waals surface area contributed by atoms with E-state index in [9.17, 15) is 9.59 Å². The smallest absolute Gasteiger partial charge is 0.311 e. The van der Waals surface area contributed by atoms with Crippen LogP contribution in [0.4, 0.5) is 0 Å². The number of nitrogens with zero attached hydrogens (tertiary/aromatic N) is 2. The molecule has 1 amide bonds. The average Bonchev–Trinajstić information content (AvgIpc) is 3.46. The molecular formula is C30H50N2O3. The lowest BCUT2D eigenvalue weighted by molar-refractivity contribution is -0.149. The van der Waals surface area contributed by atoms with Gasteiger partial charge in [0.05, 0.1) is 5.92 Å². The first-order chi connectivity index (χ1) is 17.0. The highest BCUT2D eigenvalue weighted by Gasteiger charge is 2.42. The normalized spacial score (nSPS) is 21.1. The standard InChI is InChI=1S/C30H50N2O3/c1-4-5-6-7-8-9-10-11-12-13-18-26(2)19-14-15-20-28-27(25-29(33)31(28)3)30(34)35-24-23-32-21-16-17-22-32/h8-9,11-12,27-28H,2,4-7,10,13-25H2,1,3H3/b9-8-,12-11-/t27-,28+/m0/s1. The minimum Gasteiger partial charge on any atom is -0.464 e. The molecule has 2 aliphatic heterocycles. The number of rotatable bonds is 18. The molecule has 0 bridgehead atoms. The molecule has 0 N–H and O–H groups in total. The summed E-state index contributed by atoms with van der Waals surface area (Å²) < 4.78 is 5.58. The third kappa shape index (κ3) is 11.6. The number of unbranched alkanes of at least 4 members (excludes halogenated alkanes) is 4. The van der Waals surface area contributed by atoms with Crippen molar-refractivity contribution in [2.45, 2.75) is 103 Å². The highest BCUT2D eigenvalue weighted by molar-refractivity contribution is 5.87. The molecule has 0 aromatic heterocycles. The van der Waals surface area contributed by atoms with E-state index < -0.39 is 0 Å². The summed E-state index contributed by atoms with van der Waals surface area (Å²) in [5.41, 5.74) is 1.29. The molecule has 0 spiro atoms. The van der Waals surface area contributed by atoms with Crippen LogP contribution in [0.5, 0.6) is 0 Å². The third-order valence-corrected chi connectivity index (χ3v) is 7.43. The van der Waals surface area contributed by atoms with Crippen molar-refractivity contribution < 1.29 is 14.3 Å². The molecule has 5 nitrogen and oxygen atoms in total. The molecule has 0 saturated carbocycles. The monoisotopic (exact) mass is 486 g/mol. The lowest BCUT2D eigenvalue weighted by Gasteiger charge is -2.24. The molecule has 0 aromatic carbocycles. The van der Waals surface area contributed by atoms with Crippen LogP contribution in [0, 0.1) is 5.92 Å². The van der Waals surface area contributed by atoms with E-state index in [-0.39, 0.29) is 30.3 Å². The van der Waals surface area contributed by atoms with E-state index in [2.05, 4.69) is 42.7 Å². The SMILES string of the molecule is C=C(CC/C=C\C/C=C\CCCCC)CCCC[C@@H]1[C@@H](C(=O)OCCN2CCCC2)CC(=O)N1C. The number of allylic oxidation sites excluding steroid dienone is 5. The summed E-state index contributed by atoms with van der Waals surface area (Å²) in [6.45, 7) is 9.92. The highest BCUT2D eigenvalue weighted by Crippen LogP contribution is 2.29. The lowest BCUT2D eigenvalue weighted by Crippen LogP contribution is -2.35. The van der Waals surface area contributed by atoms with Crippen LogP contribution in [0.3, 0.4) is 0 Å². The van der Waals surface area contributed by atoms with Crippen molar-refractivity contribution in [3.63, 3.8) is 0 Å². The van der Waals surface area contributed by atoms with E-state index in [0.29, 0.717) is 6.61 Å². The number of hydrogen-bond donors (Lipinski definition) is 0. The fourth-order valence-corrected chi connectivity index (χ4v) is 5.11. The Morgan fingerprint density at radius 1 is 1.03 bits per heavy atom. The average molecular weight is 487 g/mol. The van der Waals surface area contributed by atoms with E-state index in [1.54, 1.807) is 4.90 Å². The molecular weight excluding hydrogens is 436 g/mol. The number of hydrogen-bond acceptors (Lipinski definition) is 4. The second-order valence-electron chi connectivity index (χ2n) is 10.3. The molecule has 35 heavy (non-hydrogen) atoms. The Morgan fingerprint density at radius 3 is 2.51 bits per heavy atom. The Bertz CT molecular complexity index is 694. The van der Waals surface area contributed by atoms with Gasteiger partial charge in [0, 0.05) is 26.1 Å². The fourth-order valence-electron chi connectivity index (χ4n) is 5.11. The number of amides is 1. The summed E-state index contributed by atoms with van der Waals surface area (Å²) in [4.78, 5) is 29.1. The van der Waals surface area contributed by atoms with Gasteiger partial charge in [-0.25, -0.2) is 0 Å². The van der Waals surface area contributed by atoms with Crippen molar-refractivity contribution in [3.05, 3.63) is 36.5 Å². The first kappa shape index (κ1) is 29.4. The largest absolute Gasteiger partial charge is 0.464 e. The minimum atomic E-state index is -0.319. The zero-order valence-electron chi connectivity index (χ0n) is 22.5. The van der Waals surface area contributed by atoms with Gasteiger partial charge in [0.25, 0.3) is 0 Å². The summed E-state index contributed by atoms with van der Waals surface area (Å²) in [5, 5.41) is 0. The molecule has 0 aliphatic carbocycles. The lowest BCUT2D eigenvalue weighted by atomic mass is 9.94. The van der Waals surface area contributed by atoms with Crippen LogP contribution in [0.25, 0.3) is 0 Å². The molecule has 0 unspecified atom stereocenters. The number of carbonyl (C=O) groups excluding carboxylic acids is 2. The summed E-state index contributed by atoms with van der Waals surface area (Å²) in [7, 11) is 1.83. The Morgan fingerprint density at radius 2 is 1.77 bits per heavy atom. The maximum atomic E-state index is 12.7. The van der Waals surface area contributed by atoms with Crippen molar-refractivity contribution in [2.75, 3.05) is 33.3 Å². The van der Waals surface area contributed by atoms with Crippen LogP contribution in [-0.2, 0) is 14.3 Å². The van der Waals surface area contributed by atoms with Crippen LogP contribution < -0.4 is 0 Å². The van der Waals surface area contributed by atoms with Gasteiger partial charge in [0.1, 0.15) is 6.61 Å². The predicted molar refractivity (Wildman–Crippen MR) is 145 cm³/mol. The first-order valence-corrected chi connectivity index (χ1v) is 14.1. The van der Waals surface area contributed by atoms with Gasteiger partial charge >= 0.3 is 5.97 Å². The van der Waals surface area contributed by atoms with Crippen LogP contribution in [0.1, 0.15) is 96.8 Å². The second kappa shape index (κ2) is 17.5. The third-order valence-electron chi connectivity index (χ3n) is 7.43. The van der Waals surface area contributed by atoms with Gasteiger partial charge in [-0.2, -0.15) is 0 Å². The van der Waals surface area contributed by atoms with Crippen LogP contribution >= 0.6 is 0 Å². The van der Waals surface area contributed by atoms with Gasteiger partial charge in [-0.3, -0.25) is 14.5 Å². The van der Waals surface area contributed by atoms with E-state index in [0.717, 1.165) is 64.6 Å². The Balaban J connectivity index is 1.57. The van der Waals surface area contributed by atoms with Crippen LogP contribution in [-0.4, -0.2) is 61.0 Å². The van der Waals surface area contributed by atoms with Gasteiger partial charge < -0.3 is 9.64 Å². The van der Waals surface area contributed by atoms with Crippen molar-refractivity contribution in [1.29, 1.82) is 0 Å². The molecule has 198 valence electrons. The van der Waals surface area contributed by atoms with Gasteiger partial charge in [-0.05, 0) is 77.3 Å². The zero-order chi connectivity index (χ0) is 25.3. The summed E-state index contributed by atoms with van der Waals surface area (Å²) in [6.07, 6.45) is 24.0. The Hall–Kier alpha value is -1.88. The Labute approximate surface area is 214 Å². The highest BCUT2D eigenvalue weighted by atomic mass is 16.5. The second-order valence-corrected chi connectivity index (χ2v) is 10.3. The molecule has 0 radical (unpaired) electrons. The number of ether oxygens (including phenoxy) is 1. The molecule has 2 atom stereocenters. The maximum absolute atomic E-state index is 12.7. The van der Waals surface area contributed by atoms with Crippen molar-refractivity contribution in [1.82, 2.24) is 9.80 Å². The molecule has 2 fully saturated rings. The quantitative estimate of drug-likeness (QED) is 0.127. The predicted octanol–water partition coefficient (Wildman–Crippen LogP) is 6.45. The molecule has 0 aromatic rings. The first-order valence-electron chi connectivity index (χ1n) is 14.1. The fraction of sp³-hybridized carbons (Fsp3) is 0.733. The zero-order valence-corrected chi connectivity index (χ0v) is 22.5. The van der Waals surface area contributed by atoms with E-state index >= 15 is 0 Å². The maximum Gasteiger partial charge on any atom is 0.311 e. The summed E-state index contributed by atoms with van der Waals surface area (Å²) in [6, 6.07) is -0.0342. The van der Waals surface area contributed by atoms with E-state index in [4.69, 9.17) is 4.74 Å². The summed E-state index contributed by atoms with van der Waals surface area (Å²) in [5.74, 6) is -0.456. The van der Waals surface area contributed by atoms with E-state index in [1.807, 2.05) is 7.05 Å². The van der Waals surface area contributed by atoms with Gasteiger partial charge in [0.2, 0.25) is 5.91 Å². The number of likely N-dealkylation sites (tertiary alicyclic amines) is 2. The molecule has 2 saturated heterocycles. The summed E-state index contributed by atoms with van der Waals surface area (Å²) >= 11 is 0. The Kier molecular flexibility index (Phi) is 14.7. The van der Waals surface area contributed by atoms with Gasteiger partial charge in [-0.15, -0.1) is 0 Å². The number of esters is 1. The number of carbonyl (C=O) groups is 2. The van der Waals surface area contributed by atoms with Crippen molar-refractivity contribution in [3.8, 4) is 0 Å². The van der Waals surface area contributed by atoms with Gasteiger partial charge in [0.15, 0.2) is 0 Å². The van der Waals surface area contributed by atoms with Crippen LogP contribution in [0.2, 0.25) is 0 Å². The van der Waals surface area contributed by atoms with Crippen LogP contribution in [0.15, 0.2) is 36.5 Å². The topological polar surface area (TPSA) is 49.9 Å². The molecule has 2 aliphatic rings. The minimum absolute atomic E-state index is 0.0342. The van der Waals surface area contributed by atoms with Crippen molar-refractivity contribution in [2.24, 2.45) is 5.92 Å². The van der Waals surface area contributed by atoms with Gasteiger partial charge in [-0.1, -0.05) is 62.6 Å². The van der Waals surface area contributed by atoms with E-state index in [1.165, 1.54) is 44.1 Å².